The van der Waals surface area contributed by atoms with Crippen LogP contribution >= 0.6 is 11.6 Å². The number of fused-ring (bicyclic) bond motifs is 1. The summed E-state index contributed by atoms with van der Waals surface area (Å²) in [5.74, 6) is -0.751. The van der Waals surface area contributed by atoms with Crippen molar-refractivity contribution < 1.29 is 19.3 Å². The van der Waals surface area contributed by atoms with Gasteiger partial charge in [-0.25, -0.2) is 4.39 Å². The monoisotopic (exact) mass is 420 g/mol. The largest absolute Gasteiger partial charge is 0.508 e. The number of H-pyrrole nitrogens is 1. The SMILES string of the molecule is COc1nc(NCCO)c2c(=O)[nH]c(-c3cc(O)cc(Cl)c3C3CC3)c(F)c2n1. The fourth-order valence-corrected chi connectivity index (χ4v) is 3.71. The van der Waals surface area contributed by atoms with Crippen molar-refractivity contribution in [1.29, 1.82) is 0 Å². The Labute approximate surface area is 169 Å². The lowest BCUT2D eigenvalue weighted by atomic mass is 9.98. The average molecular weight is 421 g/mol. The van der Waals surface area contributed by atoms with E-state index in [9.17, 15) is 9.90 Å². The Hall–Kier alpha value is -2.91. The number of nitrogens with one attached hydrogen (secondary N) is 2. The third-order valence-electron chi connectivity index (χ3n) is 4.74. The summed E-state index contributed by atoms with van der Waals surface area (Å²) < 4.78 is 20.6. The van der Waals surface area contributed by atoms with Crippen LogP contribution in [0.25, 0.3) is 22.2 Å². The number of phenolic OH excluding ortho intramolecular Hbond substituents is 1. The fraction of sp³-hybridized carbons (Fsp3) is 0.316. The van der Waals surface area contributed by atoms with Gasteiger partial charge in [0, 0.05) is 17.1 Å². The van der Waals surface area contributed by atoms with E-state index in [0.29, 0.717) is 16.1 Å². The molecule has 1 aliphatic rings. The van der Waals surface area contributed by atoms with Gasteiger partial charge in [0.2, 0.25) is 0 Å². The highest BCUT2D eigenvalue weighted by Crippen LogP contribution is 2.49. The molecule has 10 heteroatoms. The van der Waals surface area contributed by atoms with Crippen LogP contribution < -0.4 is 15.6 Å². The third-order valence-corrected chi connectivity index (χ3v) is 5.05. The molecule has 29 heavy (non-hydrogen) atoms. The second-order valence-electron chi connectivity index (χ2n) is 6.74. The molecule has 0 bridgehead atoms. The summed E-state index contributed by atoms with van der Waals surface area (Å²) in [5, 5.41) is 22.0. The summed E-state index contributed by atoms with van der Waals surface area (Å²) >= 11 is 6.31. The Kier molecular flexibility index (Phi) is 5.01. The number of hydrogen-bond donors (Lipinski definition) is 4. The first-order valence-electron chi connectivity index (χ1n) is 8.99. The maximum absolute atomic E-state index is 15.6. The van der Waals surface area contributed by atoms with Gasteiger partial charge in [-0.3, -0.25) is 4.79 Å². The maximum atomic E-state index is 15.6. The van der Waals surface area contributed by atoms with Crippen LogP contribution in [0.15, 0.2) is 16.9 Å². The number of methoxy groups -OCH3 is 1. The minimum Gasteiger partial charge on any atom is -0.508 e. The number of aromatic amines is 1. The van der Waals surface area contributed by atoms with E-state index in [1.807, 2.05) is 0 Å². The molecule has 4 N–H and O–H groups in total. The number of pyridine rings is 1. The van der Waals surface area contributed by atoms with Crippen molar-refractivity contribution in [3.8, 4) is 23.0 Å². The second kappa shape index (κ2) is 7.49. The summed E-state index contributed by atoms with van der Waals surface area (Å²) in [6, 6.07) is 2.64. The van der Waals surface area contributed by atoms with E-state index >= 15 is 4.39 Å². The number of aliphatic hydroxyl groups excluding tert-OH is 1. The second-order valence-corrected chi connectivity index (χ2v) is 7.15. The molecule has 1 aromatic carbocycles. The summed E-state index contributed by atoms with van der Waals surface area (Å²) in [5.41, 5.74) is 0.0171. The van der Waals surface area contributed by atoms with Gasteiger partial charge in [-0.1, -0.05) is 11.6 Å². The lowest BCUT2D eigenvalue weighted by Crippen LogP contribution is -2.17. The molecule has 2 aromatic heterocycles. The zero-order valence-electron chi connectivity index (χ0n) is 15.4. The number of ether oxygens (including phenoxy) is 1. The van der Waals surface area contributed by atoms with Crippen LogP contribution in [-0.4, -0.2) is 45.4 Å². The molecular formula is C19H18ClFN4O4. The predicted molar refractivity (Wildman–Crippen MR) is 106 cm³/mol. The summed E-state index contributed by atoms with van der Waals surface area (Å²) in [6.07, 6.45) is 1.78. The molecule has 1 fully saturated rings. The third kappa shape index (κ3) is 3.47. The zero-order chi connectivity index (χ0) is 20.7. The van der Waals surface area contributed by atoms with Crippen molar-refractivity contribution in [1.82, 2.24) is 15.0 Å². The number of rotatable bonds is 6. The first-order chi connectivity index (χ1) is 13.9. The predicted octanol–water partition coefficient (Wildman–Crippen LogP) is 2.77. The van der Waals surface area contributed by atoms with E-state index in [1.165, 1.54) is 19.2 Å². The number of hydrogen-bond acceptors (Lipinski definition) is 7. The molecule has 8 nitrogen and oxygen atoms in total. The van der Waals surface area contributed by atoms with Crippen molar-refractivity contribution in [2.24, 2.45) is 0 Å². The van der Waals surface area contributed by atoms with Crippen LogP contribution in [-0.2, 0) is 0 Å². The fourth-order valence-electron chi connectivity index (χ4n) is 3.34. The van der Waals surface area contributed by atoms with E-state index in [2.05, 4.69) is 20.3 Å². The molecular weight excluding hydrogens is 403 g/mol. The molecule has 3 aromatic rings. The number of aliphatic hydroxyl groups is 1. The molecule has 152 valence electrons. The van der Waals surface area contributed by atoms with Crippen LogP contribution in [0.2, 0.25) is 5.02 Å². The van der Waals surface area contributed by atoms with Crippen molar-refractivity contribution in [2.75, 3.05) is 25.6 Å². The van der Waals surface area contributed by atoms with Gasteiger partial charge in [0.15, 0.2) is 5.82 Å². The quantitative estimate of drug-likeness (QED) is 0.484. The first-order valence-corrected chi connectivity index (χ1v) is 9.37. The van der Waals surface area contributed by atoms with Gasteiger partial charge in [0.05, 0.1) is 19.4 Å². The standard InChI is InChI=1S/C19H18ClFN4O4/c1-29-19-24-16-13(17(25-19)22-4-5-26)18(28)23-15(14(16)21)10-6-9(27)7-11(20)12(10)8-2-3-8/h6-8,26-27H,2-5H2,1H3,(H,23,28)(H,22,24,25). The molecule has 1 saturated carbocycles. The van der Waals surface area contributed by atoms with Gasteiger partial charge in [0.1, 0.15) is 22.5 Å². The highest BCUT2D eigenvalue weighted by atomic mass is 35.5. The van der Waals surface area contributed by atoms with Gasteiger partial charge >= 0.3 is 6.01 Å². The zero-order valence-corrected chi connectivity index (χ0v) is 16.2. The number of benzene rings is 1. The lowest BCUT2D eigenvalue weighted by molar-refractivity contribution is 0.311. The number of halogens is 2. The molecule has 2 heterocycles. The molecule has 0 amide bonds. The van der Waals surface area contributed by atoms with Gasteiger partial charge < -0.3 is 25.3 Å². The average Bonchev–Trinajstić information content (AvgIpc) is 3.52. The summed E-state index contributed by atoms with van der Waals surface area (Å²) in [6.45, 7) is -0.106. The smallest absolute Gasteiger partial charge is 0.318 e. The van der Waals surface area contributed by atoms with E-state index in [0.717, 1.165) is 12.8 Å². The van der Waals surface area contributed by atoms with Crippen molar-refractivity contribution in [3.05, 3.63) is 38.9 Å². The van der Waals surface area contributed by atoms with Crippen molar-refractivity contribution >= 4 is 28.3 Å². The van der Waals surface area contributed by atoms with Crippen molar-refractivity contribution in [3.63, 3.8) is 0 Å². The number of phenols is 1. The highest BCUT2D eigenvalue weighted by Gasteiger charge is 2.31. The Bertz CT molecular complexity index is 1160. The molecule has 0 aliphatic heterocycles. The number of aromatic nitrogens is 3. The van der Waals surface area contributed by atoms with Gasteiger partial charge in [-0.2, -0.15) is 9.97 Å². The molecule has 1 aliphatic carbocycles. The van der Waals surface area contributed by atoms with Crippen LogP contribution in [0.5, 0.6) is 11.8 Å². The van der Waals surface area contributed by atoms with Crippen LogP contribution in [0.4, 0.5) is 10.2 Å². The molecule has 0 saturated heterocycles. The Morgan fingerprint density at radius 2 is 2.14 bits per heavy atom. The molecule has 4 rings (SSSR count). The Balaban J connectivity index is 2.02. The first kappa shape index (κ1) is 19.4. The Morgan fingerprint density at radius 1 is 1.38 bits per heavy atom. The highest BCUT2D eigenvalue weighted by molar-refractivity contribution is 6.32. The summed E-state index contributed by atoms with van der Waals surface area (Å²) in [4.78, 5) is 23.4. The lowest BCUT2D eigenvalue weighted by Gasteiger charge is -2.15. The molecule has 0 radical (unpaired) electrons. The number of anilines is 1. The maximum Gasteiger partial charge on any atom is 0.318 e. The van der Waals surface area contributed by atoms with Gasteiger partial charge in [0.25, 0.3) is 5.56 Å². The van der Waals surface area contributed by atoms with E-state index in [4.69, 9.17) is 21.4 Å². The van der Waals surface area contributed by atoms with Crippen LogP contribution in [0, 0.1) is 5.82 Å². The Morgan fingerprint density at radius 3 is 2.79 bits per heavy atom. The van der Waals surface area contributed by atoms with E-state index in [-0.39, 0.29) is 53.2 Å². The number of aromatic hydroxyl groups is 1. The molecule has 0 spiro atoms. The van der Waals surface area contributed by atoms with E-state index < -0.39 is 11.4 Å². The topological polar surface area (TPSA) is 120 Å². The molecule has 0 unspecified atom stereocenters. The minimum atomic E-state index is -0.795. The van der Waals surface area contributed by atoms with E-state index in [1.54, 1.807) is 0 Å². The minimum absolute atomic E-state index is 0.0453. The summed E-state index contributed by atoms with van der Waals surface area (Å²) in [7, 11) is 1.32. The van der Waals surface area contributed by atoms with Gasteiger partial charge in [-0.15, -0.1) is 0 Å². The van der Waals surface area contributed by atoms with Crippen LogP contribution in [0.1, 0.15) is 24.3 Å². The van der Waals surface area contributed by atoms with Crippen LogP contribution in [0.3, 0.4) is 0 Å². The van der Waals surface area contributed by atoms with Crippen molar-refractivity contribution in [2.45, 2.75) is 18.8 Å². The normalized spacial score (nSPS) is 13.7. The number of nitrogens with zero attached hydrogens (tertiary/aromatic N) is 2. The molecule has 0 atom stereocenters. The van der Waals surface area contributed by atoms with Gasteiger partial charge in [-0.05, 0) is 36.5 Å².